The van der Waals surface area contributed by atoms with Gasteiger partial charge >= 0.3 is 0 Å². The molecule has 3 aliphatic carbocycles. The molecule has 1 aromatic heterocycles. The van der Waals surface area contributed by atoms with Crippen LogP contribution in [0.5, 0.6) is 11.5 Å². The highest BCUT2D eigenvalue weighted by atomic mass is 35.5. The summed E-state index contributed by atoms with van der Waals surface area (Å²) in [5.41, 5.74) is -1.40. The number of rotatable bonds is 8. The molecule has 3 fully saturated rings. The summed E-state index contributed by atoms with van der Waals surface area (Å²) < 4.78 is 24.3. The van der Waals surface area contributed by atoms with Gasteiger partial charge in [0, 0.05) is 11.6 Å². The molecule has 0 spiro atoms. The van der Waals surface area contributed by atoms with E-state index in [-0.39, 0.29) is 47.9 Å². The summed E-state index contributed by atoms with van der Waals surface area (Å²) >= 11 is 5.64. The van der Waals surface area contributed by atoms with Crippen molar-refractivity contribution in [2.24, 2.45) is 0 Å². The summed E-state index contributed by atoms with van der Waals surface area (Å²) in [6.45, 7) is -0.606. The van der Waals surface area contributed by atoms with Crippen LogP contribution in [0, 0.1) is 17.1 Å². The van der Waals surface area contributed by atoms with Gasteiger partial charge in [-0.25, -0.2) is 14.4 Å². The first-order valence-corrected chi connectivity index (χ1v) is 11.3. The molecule has 2 bridgehead atoms. The summed E-state index contributed by atoms with van der Waals surface area (Å²) in [6.07, 6.45) is 4.12. The van der Waals surface area contributed by atoms with Gasteiger partial charge < -0.3 is 25.2 Å². The van der Waals surface area contributed by atoms with Gasteiger partial charge in [0.25, 0.3) is 11.8 Å². The smallest absolute Gasteiger partial charge is 0.258 e. The monoisotopic (exact) mass is 503 g/mol. The first-order chi connectivity index (χ1) is 16.7. The Bertz CT molecular complexity index is 1150. The average Bonchev–Trinajstić information content (AvgIpc) is 2.85. The third kappa shape index (κ3) is 5.61. The highest BCUT2D eigenvalue weighted by Crippen LogP contribution is 2.47. The van der Waals surface area contributed by atoms with Gasteiger partial charge in [0.2, 0.25) is 5.82 Å². The third-order valence-electron chi connectivity index (χ3n) is 6.47. The first kappa shape index (κ1) is 24.6. The Balaban J connectivity index is 1.27. The highest BCUT2D eigenvalue weighted by Gasteiger charge is 2.55. The lowest BCUT2D eigenvalue weighted by atomic mass is 9.60. The maximum absolute atomic E-state index is 13.5. The van der Waals surface area contributed by atoms with Gasteiger partial charge in [0.1, 0.15) is 17.6 Å². The number of hydrogen-bond donors (Lipinski definition) is 3. The second kappa shape index (κ2) is 10.0. The number of fused-ring (bicyclic) bond motifs is 3. The van der Waals surface area contributed by atoms with Crippen molar-refractivity contribution in [2.45, 2.75) is 49.3 Å². The average molecular weight is 504 g/mol. The fourth-order valence-corrected chi connectivity index (χ4v) is 4.74. The van der Waals surface area contributed by atoms with E-state index in [1.165, 1.54) is 24.5 Å². The number of aromatic nitrogens is 2. The zero-order valence-electron chi connectivity index (χ0n) is 18.6. The molecule has 2 amide bonds. The maximum Gasteiger partial charge on any atom is 0.258 e. The van der Waals surface area contributed by atoms with Crippen molar-refractivity contribution >= 4 is 23.4 Å². The van der Waals surface area contributed by atoms with Crippen molar-refractivity contribution < 1.29 is 28.6 Å². The van der Waals surface area contributed by atoms with Crippen LogP contribution in [0.15, 0.2) is 30.6 Å². The minimum absolute atomic E-state index is 0.0000952. The number of nitrogens with zero attached hydrogens (tertiary/aromatic N) is 3. The molecule has 1 aromatic carbocycles. The van der Waals surface area contributed by atoms with E-state index in [0.717, 1.165) is 6.07 Å². The largest absolute Gasteiger partial charge is 0.484 e. The summed E-state index contributed by atoms with van der Waals surface area (Å²) in [7, 11) is 0. The van der Waals surface area contributed by atoms with Gasteiger partial charge in [-0.1, -0.05) is 11.6 Å². The molecule has 10 nitrogen and oxygen atoms in total. The zero-order valence-corrected chi connectivity index (χ0v) is 19.3. The van der Waals surface area contributed by atoms with Crippen molar-refractivity contribution in [2.75, 3.05) is 13.2 Å². The number of benzene rings is 1. The summed E-state index contributed by atoms with van der Waals surface area (Å²) in [6, 6.07) is 5.69. The fourth-order valence-electron chi connectivity index (χ4n) is 4.62. The number of carbonyl (C=O) groups excluding carboxylic acids is 2. The van der Waals surface area contributed by atoms with E-state index in [0.29, 0.717) is 25.7 Å². The van der Waals surface area contributed by atoms with Crippen molar-refractivity contribution in [1.29, 1.82) is 5.26 Å². The number of ether oxygens (including phenoxy) is 2. The van der Waals surface area contributed by atoms with Crippen molar-refractivity contribution in [3.8, 4) is 17.6 Å². The minimum Gasteiger partial charge on any atom is -0.484 e. The second-order valence-electron chi connectivity index (χ2n) is 8.76. The van der Waals surface area contributed by atoms with Crippen LogP contribution in [-0.2, 0) is 9.59 Å². The number of carbonyl (C=O) groups is 2. The molecule has 0 saturated heterocycles. The molecule has 0 unspecified atom stereocenters. The molecule has 0 aliphatic heterocycles. The molecule has 0 radical (unpaired) electrons. The second-order valence-corrected chi connectivity index (χ2v) is 9.17. The Labute approximate surface area is 205 Å². The number of hydrogen-bond acceptors (Lipinski definition) is 8. The van der Waals surface area contributed by atoms with Crippen LogP contribution in [0.2, 0.25) is 5.02 Å². The normalized spacial score (nSPS) is 24.8. The van der Waals surface area contributed by atoms with Gasteiger partial charge in [0.15, 0.2) is 19.0 Å². The van der Waals surface area contributed by atoms with E-state index in [2.05, 4.69) is 20.6 Å². The fraction of sp³-hybridized carbons (Fsp3) is 0.435. The Morgan fingerprint density at radius 2 is 1.74 bits per heavy atom. The van der Waals surface area contributed by atoms with Crippen LogP contribution in [0.4, 0.5) is 4.39 Å². The van der Waals surface area contributed by atoms with Crippen molar-refractivity contribution in [1.82, 2.24) is 20.6 Å². The molecule has 1 heterocycles. The number of aliphatic hydroxyl groups is 1. The molecule has 3 saturated carbocycles. The number of nitrogens with one attached hydrogen (secondary N) is 2. The van der Waals surface area contributed by atoms with Crippen LogP contribution in [0.25, 0.3) is 0 Å². The van der Waals surface area contributed by atoms with Crippen molar-refractivity contribution in [3.05, 3.63) is 47.3 Å². The van der Waals surface area contributed by atoms with Gasteiger partial charge in [-0.3, -0.25) is 9.59 Å². The molecule has 12 heteroatoms. The molecular weight excluding hydrogens is 481 g/mol. The van der Waals surface area contributed by atoms with E-state index in [9.17, 15) is 19.1 Å². The van der Waals surface area contributed by atoms with Gasteiger partial charge in [-0.15, -0.1) is 0 Å². The minimum atomic E-state index is -0.866. The van der Waals surface area contributed by atoms with Gasteiger partial charge in [0.05, 0.1) is 29.1 Å². The third-order valence-corrected chi connectivity index (χ3v) is 6.78. The van der Waals surface area contributed by atoms with Gasteiger partial charge in [-0.2, -0.15) is 5.26 Å². The van der Waals surface area contributed by atoms with E-state index < -0.39 is 28.9 Å². The Morgan fingerprint density at radius 3 is 2.34 bits per heavy atom. The summed E-state index contributed by atoms with van der Waals surface area (Å²) in [4.78, 5) is 32.5. The quantitative estimate of drug-likeness (QED) is 0.492. The van der Waals surface area contributed by atoms with Crippen LogP contribution in [0.3, 0.4) is 0 Å². The lowest BCUT2D eigenvalue weighted by Crippen LogP contribution is -2.70. The number of halogens is 2. The van der Waals surface area contributed by atoms with Crippen LogP contribution in [0.1, 0.15) is 37.9 Å². The lowest BCUT2D eigenvalue weighted by Gasteiger charge is -2.56. The molecule has 3 N–H and O–H groups in total. The number of amides is 2. The van der Waals surface area contributed by atoms with Gasteiger partial charge in [-0.05, 0) is 44.2 Å². The highest BCUT2D eigenvalue weighted by molar-refractivity contribution is 6.30. The summed E-state index contributed by atoms with van der Waals surface area (Å²) in [5.74, 6) is -1.01. The van der Waals surface area contributed by atoms with Crippen molar-refractivity contribution in [3.63, 3.8) is 0 Å². The van der Waals surface area contributed by atoms with E-state index in [1.807, 2.05) is 0 Å². The predicted molar refractivity (Wildman–Crippen MR) is 120 cm³/mol. The number of aliphatic hydroxyl groups excluding tert-OH is 1. The molecule has 1 atom stereocenters. The predicted octanol–water partition coefficient (Wildman–Crippen LogP) is 1.65. The topological polar surface area (TPSA) is 146 Å². The molecule has 2 aromatic rings. The van der Waals surface area contributed by atoms with Crippen LogP contribution >= 0.6 is 11.6 Å². The molecule has 35 heavy (non-hydrogen) atoms. The Hall–Kier alpha value is -3.49. The van der Waals surface area contributed by atoms with E-state index in [4.69, 9.17) is 26.3 Å². The molecule has 5 rings (SSSR count). The lowest BCUT2D eigenvalue weighted by molar-refractivity contribution is -0.137. The van der Waals surface area contributed by atoms with Crippen LogP contribution < -0.4 is 20.1 Å². The Kier molecular flexibility index (Phi) is 7.05. The van der Waals surface area contributed by atoms with Crippen LogP contribution in [-0.4, -0.2) is 57.3 Å². The Morgan fingerprint density at radius 1 is 1.11 bits per heavy atom. The molecule has 3 aliphatic rings. The first-order valence-electron chi connectivity index (χ1n) is 11.0. The maximum atomic E-state index is 13.5. The van der Waals surface area contributed by atoms with E-state index >= 15 is 0 Å². The zero-order chi connectivity index (χ0) is 25.1. The number of nitriles is 1. The SMILES string of the molecule is N#Cc1ncc(OCC(=O)NC23CCC(NC(=O)COc4ccc(Cl)c(F)c4)(CC2)[C@@H](O)C3)cn1. The molecule has 184 valence electrons. The standard InChI is InChI=1S/C23H23ClFN5O5/c24-16-2-1-14(7-17(16)25)34-13-21(33)30-23-5-3-22(4-6-23,8-18(23)31)29-20(32)12-35-15-10-27-19(9-26)28-11-15/h1-2,7,10-11,18,31H,3-6,8,12-13H2,(H,29,32)(H,30,33)/t18-,22?,23?/m0/s1. The molecular formula is C23H23ClFN5O5. The van der Waals surface area contributed by atoms with E-state index in [1.54, 1.807) is 6.07 Å². The summed E-state index contributed by atoms with van der Waals surface area (Å²) in [5, 5.41) is 25.4.